The first-order valence-electron chi connectivity index (χ1n) is 21.9. The first-order chi connectivity index (χ1) is 28.9. The summed E-state index contributed by atoms with van der Waals surface area (Å²) in [5.74, 6) is 3.85. The molecule has 14 nitrogen and oxygen atoms in total. The molecule has 0 radical (unpaired) electrons. The van der Waals surface area contributed by atoms with Gasteiger partial charge in [-0.3, -0.25) is 0 Å². The van der Waals surface area contributed by atoms with Crippen molar-refractivity contribution in [3.8, 4) is 11.5 Å². The molecular formula is C45H64N12O2Si. The summed E-state index contributed by atoms with van der Waals surface area (Å²) < 4.78 is 10.7. The third-order valence-corrected chi connectivity index (χ3v) is 18.3. The van der Waals surface area contributed by atoms with Crippen LogP contribution in [0.4, 0.5) is 34.9 Å². The van der Waals surface area contributed by atoms with Crippen LogP contribution in [-0.2, 0) is 14.1 Å². The molecule has 4 aromatic heterocycles. The van der Waals surface area contributed by atoms with E-state index >= 15 is 0 Å². The Hall–Kier alpha value is -5.44. The molecule has 0 aliphatic heterocycles. The Bertz CT molecular complexity index is 2290. The summed E-state index contributed by atoms with van der Waals surface area (Å²) in [5, 5.41) is 23.2. The van der Waals surface area contributed by atoms with Crippen molar-refractivity contribution in [3.05, 3.63) is 61.2 Å². The molecule has 0 atom stereocenters. The van der Waals surface area contributed by atoms with Crippen molar-refractivity contribution in [2.45, 2.75) is 134 Å². The van der Waals surface area contributed by atoms with Gasteiger partial charge >= 0.3 is 0 Å². The highest BCUT2D eigenvalue weighted by Gasteiger charge is 2.47. The Morgan fingerprint density at radius 3 is 1.38 bits per heavy atom. The van der Waals surface area contributed by atoms with E-state index < -0.39 is 8.32 Å². The van der Waals surface area contributed by atoms with Crippen LogP contribution in [0.5, 0.6) is 11.5 Å². The number of aromatic nitrogens is 8. The molecule has 2 fully saturated rings. The molecule has 0 unspecified atom stereocenters. The largest absolute Gasteiger partial charge is 0.543 e. The fourth-order valence-corrected chi connectivity index (χ4v) is 14.4. The molecule has 60 heavy (non-hydrogen) atoms. The van der Waals surface area contributed by atoms with E-state index in [4.69, 9.17) is 14.4 Å². The highest BCUT2D eigenvalue weighted by molar-refractivity contribution is 6.78. The van der Waals surface area contributed by atoms with Gasteiger partial charge in [-0.2, -0.15) is 19.9 Å². The smallest absolute Gasteiger partial charge is 0.258 e. The maximum absolute atomic E-state index is 9.42. The monoisotopic (exact) mass is 833 g/mol. The minimum absolute atomic E-state index is 0.230. The summed E-state index contributed by atoms with van der Waals surface area (Å²) in [5.41, 5.74) is 6.60. The summed E-state index contributed by atoms with van der Waals surface area (Å²) in [4.78, 5) is 27.8. The standard InChI is InChI=1S/C27H42N6OSi.C18H22N6O/c1-18(2)35(19(3)4,20(5)6)34-23-15-13-22(14-16-23)30-27-31-25(29-21-11-9-8-10-12-21)24-26(32-27)33(7)17-28-24;1-24-11-19-15-16(20-12-5-3-2-4-6-12)22-18(23-17(15)24)21-13-7-9-14(25)10-8-13/h13-21H,8-12H2,1-7H3,(H2,29,30,31,32);7-12,25H,2-6H2,1H3,(H2,20,21,22,23). The third kappa shape index (κ3) is 9.77. The molecule has 0 bridgehead atoms. The number of nitrogens with one attached hydrogen (secondary N) is 4. The van der Waals surface area contributed by atoms with E-state index in [0.717, 1.165) is 51.1 Å². The van der Waals surface area contributed by atoms with Crippen LogP contribution >= 0.6 is 0 Å². The number of imidazole rings is 2. The van der Waals surface area contributed by atoms with Gasteiger partial charge in [0.05, 0.1) is 12.7 Å². The van der Waals surface area contributed by atoms with Crippen molar-refractivity contribution in [2.24, 2.45) is 14.1 Å². The van der Waals surface area contributed by atoms with Crippen LogP contribution in [-0.4, -0.2) is 64.5 Å². The summed E-state index contributed by atoms with van der Waals surface area (Å²) in [6.07, 6.45) is 15.9. The maximum Gasteiger partial charge on any atom is 0.258 e. The van der Waals surface area contributed by atoms with Crippen molar-refractivity contribution < 1.29 is 9.53 Å². The van der Waals surface area contributed by atoms with Crippen LogP contribution in [0.3, 0.4) is 0 Å². The van der Waals surface area contributed by atoms with Crippen LogP contribution in [0.2, 0.25) is 16.6 Å². The molecule has 0 spiro atoms. The predicted octanol–water partition coefficient (Wildman–Crippen LogP) is 11.0. The number of fused-ring (bicyclic) bond motifs is 2. The first kappa shape index (κ1) is 42.7. The van der Waals surface area contributed by atoms with Gasteiger partial charge in [0.25, 0.3) is 8.32 Å². The molecule has 2 aliphatic rings. The molecule has 320 valence electrons. The highest BCUT2D eigenvalue weighted by Crippen LogP contribution is 2.43. The van der Waals surface area contributed by atoms with Crippen molar-refractivity contribution in [1.82, 2.24) is 39.0 Å². The number of phenols is 1. The van der Waals surface area contributed by atoms with E-state index in [0.29, 0.717) is 40.6 Å². The molecule has 15 heteroatoms. The average molecular weight is 833 g/mol. The summed E-state index contributed by atoms with van der Waals surface area (Å²) in [6, 6.07) is 16.0. The summed E-state index contributed by atoms with van der Waals surface area (Å²) >= 11 is 0. The Morgan fingerprint density at radius 1 is 0.583 bits per heavy atom. The number of hydrogen-bond donors (Lipinski definition) is 5. The number of anilines is 6. The number of benzene rings is 2. The fourth-order valence-electron chi connectivity index (χ4n) is 9.17. The number of aryl methyl sites for hydroxylation is 2. The number of hydrogen-bond acceptors (Lipinski definition) is 12. The molecule has 2 aliphatic carbocycles. The second-order valence-corrected chi connectivity index (χ2v) is 22.9. The number of rotatable bonds is 13. The summed E-state index contributed by atoms with van der Waals surface area (Å²) in [6.45, 7) is 13.9. The second-order valence-electron chi connectivity index (χ2n) is 17.5. The van der Waals surface area contributed by atoms with Crippen LogP contribution in [0, 0.1) is 0 Å². The van der Waals surface area contributed by atoms with E-state index in [1.54, 1.807) is 36.9 Å². The van der Waals surface area contributed by atoms with E-state index in [2.05, 4.69) is 107 Å². The zero-order chi connectivity index (χ0) is 42.4. The Balaban J connectivity index is 0.000000191. The van der Waals surface area contributed by atoms with Gasteiger partial charge in [0.1, 0.15) is 11.5 Å². The highest BCUT2D eigenvalue weighted by atomic mass is 28.4. The lowest BCUT2D eigenvalue weighted by molar-refractivity contribution is 0.462. The maximum atomic E-state index is 9.42. The second kappa shape index (κ2) is 18.9. The van der Waals surface area contributed by atoms with Crippen molar-refractivity contribution >= 4 is 65.6 Å². The predicted molar refractivity (Wildman–Crippen MR) is 246 cm³/mol. The van der Waals surface area contributed by atoms with Crippen LogP contribution in [0.25, 0.3) is 22.3 Å². The van der Waals surface area contributed by atoms with Crippen molar-refractivity contribution in [1.29, 1.82) is 0 Å². The molecule has 5 N–H and O–H groups in total. The normalized spacial score (nSPS) is 15.4. The number of aromatic hydroxyl groups is 1. The first-order valence-corrected chi connectivity index (χ1v) is 24.1. The van der Waals surface area contributed by atoms with Gasteiger partial charge in [-0.1, -0.05) is 80.1 Å². The van der Waals surface area contributed by atoms with E-state index in [1.165, 1.54) is 64.2 Å². The van der Waals surface area contributed by atoms with Gasteiger partial charge in [0, 0.05) is 37.6 Å². The third-order valence-electron chi connectivity index (χ3n) is 12.2. The quantitative estimate of drug-likeness (QED) is 0.0553. The lowest BCUT2D eigenvalue weighted by Gasteiger charge is -2.42. The average Bonchev–Trinajstić information content (AvgIpc) is 3.80. The zero-order valence-corrected chi connectivity index (χ0v) is 37.7. The van der Waals surface area contributed by atoms with Gasteiger partial charge in [-0.25, -0.2) is 9.97 Å². The van der Waals surface area contributed by atoms with E-state index in [-0.39, 0.29) is 5.75 Å². The van der Waals surface area contributed by atoms with Gasteiger partial charge in [-0.15, -0.1) is 0 Å². The molecule has 4 heterocycles. The van der Waals surface area contributed by atoms with Gasteiger partial charge in [0.15, 0.2) is 34.0 Å². The molecule has 0 saturated heterocycles. The minimum Gasteiger partial charge on any atom is -0.543 e. The SMILES string of the molecule is CC(C)[Si](Oc1ccc(Nc2nc(NC3CCCCC3)c3ncn(C)c3n2)cc1)(C(C)C)C(C)C.Cn1cnc2c(NC3CCCCC3)nc(Nc3ccc(O)cc3)nc21. The fraction of sp³-hybridized carbons (Fsp3) is 0.511. The number of nitrogens with zero attached hydrogens (tertiary/aromatic N) is 8. The Kier molecular flexibility index (Phi) is 13.4. The lowest BCUT2D eigenvalue weighted by Crippen LogP contribution is -2.50. The van der Waals surface area contributed by atoms with E-state index in [1.807, 2.05) is 23.2 Å². The van der Waals surface area contributed by atoms with Crippen LogP contribution < -0.4 is 25.7 Å². The lowest BCUT2D eigenvalue weighted by atomic mass is 9.95. The summed E-state index contributed by atoms with van der Waals surface area (Å²) in [7, 11) is 1.92. The van der Waals surface area contributed by atoms with Crippen LogP contribution in [0.15, 0.2) is 61.2 Å². The minimum atomic E-state index is -1.98. The zero-order valence-electron chi connectivity index (χ0n) is 36.7. The molecular weight excluding hydrogens is 769 g/mol. The molecule has 0 amide bonds. The molecule has 2 saturated carbocycles. The number of phenolic OH excluding ortho intramolecular Hbond substituents is 1. The Labute approximate surface area is 355 Å². The topological polar surface area (TPSA) is 165 Å². The Morgan fingerprint density at radius 2 is 0.983 bits per heavy atom. The van der Waals surface area contributed by atoms with Gasteiger partial charge in [-0.05, 0) is 90.8 Å². The molecule has 2 aromatic carbocycles. The van der Waals surface area contributed by atoms with Gasteiger partial charge < -0.3 is 39.9 Å². The molecule has 6 aromatic rings. The van der Waals surface area contributed by atoms with Crippen molar-refractivity contribution in [2.75, 3.05) is 21.3 Å². The van der Waals surface area contributed by atoms with Gasteiger partial charge in [0.2, 0.25) is 11.9 Å². The molecule has 8 rings (SSSR count). The van der Waals surface area contributed by atoms with Crippen molar-refractivity contribution in [3.63, 3.8) is 0 Å². The van der Waals surface area contributed by atoms with Crippen LogP contribution in [0.1, 0.15) is 106 Å². The van der Waals surface area contributed by atoms with E-state index in [9.17, 15) is 5.11 Å².